The molecule has 15 heteroatoms. The number of rotatable bonds is 5. The molecule has 0 aliphatic carbocycles. The molecule has 5 heterocycles. The fourth-order valence-electron chi connectivity index (χ4n) is 7.13. The normalized spacial score (nSPS) is 18.4. The zero-order valence-corrected chi connectivity index (χ0v) is 30.2. The van der Waals surface area contributed by atoms with E-state index >= 15 is 8.78 Å². The number of anilines is 2. The Morgan fingerprint density at radius 1 is 1.02 bits per heavy atom. The van der Waals surface area contributed by atoms with Gasteiger partial charge in [0, 0.05) is 24.2 Å². The van der Waals surface area contributed by atoms with Crippen LogP contribution in [0.15, 0.2) is 21.7 Å². The smallest absolute Gasteiger partial charge is 0.414 e. The minimum atomic E-state index is -0.874. The average molecular weight is 721 g/mol. The molecule has 2 fully saturated rings. The monoisotopic (exact) mass is 720 g/mol. The summed E-state index contributed by atoms with van der Waals surface area (Å²) in [6.07, 6.45) is -0.544. The third-order valence-electron chi connectivity index (χ3n) is 8.95. The van der Waals surface area contributed by atoms with Gasteiger partial charge in [0.1, 0.15) is 45.6 Å². The van der Waals surface area contributed by atoms with Crippen LogP contribution in [-0.4, -0.2) is 69.2 Å². The Hall–Kier alpha value is -4.68. The highest BCUT2D eigenvalue weighted by atomic mass is 32.2. The van der Waals surface area contributed by atoms with E-state index < -0.39 is 28.9 Å². The van der Waals surface area contributed by atoms with E-state index in [1.165, 1.54) is 17.8 Å². The number of hydrogen-bond acceptors (Lipinski definition) is 11. The highest BCUT2D eigenvalue weighted by Gasteiger charge is 2.48. The molecular weight excluding hydrogens is 682 g/mol. The summed E-state index contributed by atoms with van der Waals surface area (Å²) in [5.41, 5.74) is -0.891. The molecule has 2 aromatic heterocycles. The second-order valence-corrected chi connectivity index (χ2v) is 16.0. The van der Waals surface area contributed by atoms with Crippen LogP contribution in [-0.2, 0) is 27.4 Å². The first-order chi connectivity index (χ1) is 24.1. The van der Waals surface area contributed by atoms with E-state index in [0.717, 1.165) is 6.07 Å². The second kappa shape index (κ2) is 12.5. The number of furan rings is 1. The highest BCUT2D eigenvalue weighted by Crippen LogP contribution is 2.48. The SMILES string of the molecule is CCSc1nc(N2C[C@H]3C[C@@H]2CN3C(=O)OC(C)(C)C)c2c3c(c(-c4c(F)ccc5oc(NC(=O)OC(C)(C)C)c(C#N)c45)c(F)c2n1)COC3. The Kier molecular flexibility index (Phi) is 8.53. The number of carbonyl (C=O) groups excluding carboxylic acids is 2. The van der Waals surface area contributed by atoms with E-state index in [-0.39, 0.29) is 70.5 Å². The van der Waals surface area contributed by atoms with E-state index in [1.54, 1.807) is 25.7 Å². The van der Waals surface area contributed by atoms with Crippen LogP contribution in [0, 0.1) is 23.0 Å². The van der Waals surface area contributed by atoms with Crippen LogP contribution in [0.3, 0.4) is 0 Å². The lowest BCUT2D eigenvalue weighted by Crippen LogP contribution is -2.50. The average Bonchev–Trinajstić information content (AvgIpc) is 3.83. The van der Waals surface area contributed by atoms with Gasteiger partial charge < -0.3 is 28.4 Å². The Morgan fingerprint density at radius 2 is 1.75 bits per heavy atom. The summed E-state index contributed by atoms with van der Waals surface area (Å²) >= 11 is 1.35. The fourth-order valence-corrected chi connectivity index (χ4v) is 7.69. The predicted octanol–water partition coefficient (Wildman–Crippen LogP) is 7.88. The number of benzene rings is 2. The maximum absolute atomic E-state index is 17.3. The molecule has 7 rings (SSSR count). The maximum atomic E-state index is 17.3. The number of thioether (sulfide) groups is 1. The van der Waals surface area contributed by atoms with Crippen LogP contribution in [0.5, 0.6) is 0 Å². The third-order valence-corrected chi connectivity index (χ3v) is 9.68. The number of halogens is 2. The molecule has 51 heavy (non-hydrogen) atoms. The molecule has 2 amide bonds. The van der Waals surface area contributed by atoms with Gasteiger partial charge in [-0.25, -0.2) is 28.3 Å². The lowest BCUT2D eigenvalue weighted by molar-refractivity contribution is 0.0214. The quantitative estimate of drug-likeness (QED) is 0.159. The number of carbonyl (C=O) groups is 2. The van der Waals surface area contributed by atoms with Crippen LogP contribution in [0.1, 0.15) is 71.6 Å². The van der Waals surface area contributed by atoms with Crippen molar-refractivity contribution in [2.75, 3.05) is 29.1 Å². The van der Waals surface area contributed by atoms with Crippen molar-refractivity contribution in [3.8, 4) is 17.2 Å². The van der Waals surface area contributed by atoms with E-state index in [0.29, 0.717) is 52.8 Å². The van der Waals surface area contributed by atoms with Crippen molar-refractivity contribution in [1.82, 2.24) is 14.9 Å². The summed E-state index contributed by atoms with van der Waals surface area (Å²) in [6, 6.07) is 4.25. The van der Waals surface area contributed by atoms with Crippen LogP contribution in [0.25, 0.3) is 33.0 Å². The zero-order chi connectivity index (χ0) is 36.6. The second-order valence-electron chi connectivity index (χ2n) is 14.8. The molecule has 3 aliphatic rings. The van der Waals surface area contributed by atoms with Gasteiger partial charge in [0.25, 0.3) is 0 Å². The first kappa shape index (κ1) is 34.8. The fraction of sp³-hybridized carbons (Fsp3) is 0.472. The summed E-state index contributed by atoms with van der Waals surface area (Å²) in [4.78, 5) is 39.1. The molecule has 2 bridgehead atoms. The molecule has 1 N–H and O–H groups in total. The Bertz CT molecular complexity index is 2150. The minimum absolute atomic E-state index is 0.00696. The number of fused-ring (bicyclic) bond motifs is 6. The van der Waals surface area contributed by atoms with Gasteiger partial charge in [0.2, 0.25) is 5.88 Å². The number of piperazine rings is 1. The van der Waals surface area contributed by atoms with E-state index in [1.807, 2.05) is 33.8 Å². The van der Waals surface area contributed by atoms with Crippen molar-refractivity contribution >= 4 is 57.5 Å². The van der Waals surface area contributed by atoms with Gasteiger partial charge in [-0.2, -0.15) is 5.26 Å². The molecular formula is C36H38F2N6O6S. The number of nitrogens with one attached hydrogen (secondary N) is 1. The number of hydrogen-bond donors (Lipinski definition) is 1. The minimum Gasteiger partial charge on any atom is -0.444 e. The van der Waals surface area contributed by atoms with Gasteiger partial charge in [0.15, 0.2) is 11.0 Å². The predicted molar refractivity (Wildman–Crippen MR) is 187 cm³/mol. The molecule has 2 saturated heterocycles. The van der Waals surface area contributed by atoms with Gasteiger partial charge in [-0.3, -0.25) is 5.32 Å². The Labute approximate surface area is 297 Å². The molecule has 3 aliphatic heterocycles. The Balaban J connectivity index is 1.38. The van der Waals surface area contributed by atoms with Crippen LogP contribution in [0.4, 0.5) is 30.1 Å². The lowest BCUT2D eigenvalue weighted by Gasteiger charge is -2.36. The maximum Gasteiger partial charge on any atom is 0.414 e. The van der Waals surface area contributed by atoms with Gasteiger partial charge in [-0.05, 0) is 77.0 Å². The summed E-state index contributed by atoms with van der Waals surface area (Å²) in [5.74, 6) is -0.698. The molecule has 2 atom stereocenters. The largest absolute Gasteiger partial charge is 0.444 e. The third kappa shape index (κ3) is 6.18. The standard InChI is InChI=1S/C36H38F2N6O6S/c1-8-51-32-40-29-26(30(41-32)43-13-18-11-17(43)14-44(18)34(46)50-36(5,6)7)21-16-47-15-20(21)25(28(29)38)27-22(37)9-10-23-24(27)19(12-39)31(48-23)42-33(45)49-35(2,3)4/h9-10,17-18H,8,11,13-16H2,1-7H3,(H,42,45)/t17-,18-/m1/s1. The molecule has 12 nitrogen and oxygen atoms in total. The van der Waals surface area contributed by atoms with Crippen LogP contribution < -0.4 is 10.2 Å². The van der Waals surface area contributed by atoms with E-state index in [9.17, 15) is 14.9 Å². The summed E-state index contributed by atoms with van der Waals surface area (Å²) in [6.45, 7) is 13.4. The Morgan fingerprint density at radius 3 is 2.39 bits per heavy atom. The highest BCUT2D eigenvalue weighted by molar-refractivity contribution is 7.99. The summed E-state index contributed by atoms with van der Waals surface area (Å²) < 4.78 is 56.2. The van der Waals surface area contributed by atoms with Crippen molar-refractivity contribution in [1.29, 1.82) is 5.26 Å². The molecule has 4 aromatic rings. The van der Waals surface area contributed by atoms with Crippen LogP contribution >= 0.6 is 11.8 Å². The van der Waals surface area contributed by atoms with E-state index in [4.69, 9.17) is 23.6 Å². The molecule has 268 valence electrons. The van der Waals surface area contributed by atoms with Crippen molar-refractivity contribution in [3.05, 3.63) is 40.5 Å². The number of aromatic nitrogens is 2. The lowest BCUT2D eigenvalue weighted by atomic mass is 9.90. The van der Waals surface area contributed by atoms with Gasteiger partial charge in [-0.15, -0.1) is 0 Å². The molecule has 2 aromatic carbocycles. The van der Waals surface area contributed by atoms with Gasteiger partial charge in [-0.1, -0.05) is 18.7 Å². The van der Waals surface area contributed by atoms with Crippen molar-refractivity contribution in [3.63, 3.8) is 0 Å². The van der Waals surface area contributed by atoms with Gasteiger partial charge in [0.05, 0.1) is 36.1 Å². The number of amides is 2. The molecule has 0 spiro atoms. The summed E-state index contributed by atoms with van der Waals surface area (Å²) in [7, 11) is 0. The first-order valence-corrected chi connectivity index (χ1v) is 17.7. The van der Waals surface area contributed by atoms with E-state index in [2.05, 4.69) is 15.2 Å². The topological polar surface area (TPSA) is 143 Å². The number of ether oxygens (including phenoxy) is 3. The van der Waals surface area contributed by atoms with Crippen molar-refractivity contribution < 1.29 is 37.0 Å². The van der Waals surface area contributed by atoms with Crippen LogP contribution in [0.2, 0.25) is 0 Å². The van der Waals surface area contributed by atoms with Crippen molar-refractivity contribution in [2.45, 2.75) is 96.5 Å². The first-order valence-electron chi connectivity index (χ1n) is 16.8. The zero-order valence-electron chi connectivity index (χ0n) is 29.4. The summed E-state index contributed by atoms with van der Waals surface area (Å²) in [5, 5.41) is 13.5. The number of nitrogens with zero attached hydrogens (tertiary/aromatic N) is 5. The molecule has 0 saturated carbocycles. The number of likely N-dealkylation sites (tertiary alicyclic amines) is 1. The van der Waals surface area contributed by atoms with Crippen molar-refractivity contribution in [2.24, 2.45) is 0 Å². The molecule has 0 radical (unpaired) electrons. The molecule has 0 unspecified atom stereocenters. The number of nitriles is 1. The van der Waals surface area contributed by atoms with Gasteiger partial charge >= 0.3 is 12.2 Å².